The number of unbranched alkanes of at least 4 members (excludes halogenated alkanes) is 1. The fraction of sp³-hybridized carbons (Fsp3) is 0.733. The third-order valence-electron chi connectivity index (χ3n) is 4.01. The highest BCUT2D eigenvalue weighted by molar-refractivity contribution is 7.90. The second-order valence-corrected chi connectivity index (χ2v) is 11.0. The lowest BCUT2D eigenvalue weighted by atomic mass is 9.85. The van der Waals surface area contributed by atoms with E-state index in [-0.39, 0.29) is 10.7 Å². The van der Waals surface area contributed by atoms with Gasteiger partial charge in [0.05, 0.1) is 0 Å². The monoisotopic (exact) mass is 333 g/mol. The maximum Gasteiger partial charge on any atom is 0.218 e. The molecule has 1 rings (SSSR count). The Hall–Kier alpha value is -0.460. The van der Waals surface area contributed by atoms with Crippen molar-refractivity contribution in [3.63, 3.8) is 0 Å². The van der Waals surface area contributed by atoms with Crippen LogP contribution >= 0.6 is 0 Å². The molecule has 0 aromatic carbocycles. The van der Waals surface area contributed by atoms with Crippen LogP contribution in [0.25, 0.3) is 0 Å². The van der Waals surface area contributed by atoms with Crippen LogP contribution in [0.1, 0.15) is 47.0 Å². The van der Waals surface area contributed by atoms with Crippen molar-refractivity contribution >= 4 is 20.8 Å². The molecule has 0 radical (unpaired) electrons. The Bertz CT molecular complexity index is 544. The summed E-state index contributed by atoms with van der Waals surface area (Å²) in [6.07, 6.45) is 9.58. The Morgan fingerprint density at radius 3 is 2.38 bits per heavy atom. The number of hydrogen-bond acceptors (Lipinski definition) is 3. The van der Waals surface area contributed by atoms with E-state index in [1.165, 1.54) is 0 Å². The van der Waals surface area contributed by atoms with Gasteiger partial charge in [0.15, 0.2) is 0 Å². The van der Waals surface area contributed by atoms with Gasteiger partial charge in [0.1, 0.15) is 4.75 Å². The molecule has 4 nitrogen and oxygen atoms in total. The Kier molecular flexibility index (Phi) is 5.98. The lowest BCUT2D eigenvalue weighted by Crippen LogP contribution is -2.45. The molecule has 2 N–H and O–H groups in total. The Morgan fingerprint density at radius 2 is 1.86 bits per heavy atom. The zero-order valence-electron chi connectivity index (χ0n) is 13.3. The van der Waals surface area contributed by atoms with Crippen LogP contribution in [0.5, 0.6) is 0 Å². The molecule has 122 valence electrons. The molecule has 0 aromatic heterocycles. The summed E-state index contributed by atoms with van der Waals surface area (Å²) in [4.78, 5) is 0. The van der Waals surface area contributed by atoms with Gasteiger partial charge in [-0.2, -0.15) is 0 Å². The van der Waals surface area contributed by atoms with E-state index in [1.54, 1.807) is 19.1 Å². The maximum absolute atomic E-state index is 12.0. The van der Waals surface area contributed by atoms with Crippen LogP contribution in [0.2, 0.25) is 0 Å². The molecule has 0 aliphatic heterocycles. The highest BCUT2D eigenvalue weighted by Crippen LogP contribution is 2.34. The van der Waals surface area contributed by atoms with Crippen molar-refractivity contribution in [3.8, 4) is 0 Å². The number of rotatable bonds is 6. The van der Waals surface area contributed by atoms with E-state index in [9.17, 15) is 12.6 Å². The molecule has 1 aliphatic rings. The summed E-state index contributed by atoms with van der Waals surface area (Å²) in [6, 6.07) is 0. The first-order valence-electron chi connectivity index (χ1n) is 7.25. The molecular formula is C15H27NO3S2. The second kappa shape index (κ2) is 6.75. The highest BCUT2D eigenvalue weighted by Gasteiger charge is 2.41. The summed E-state index contributed by atoms with van der Waals surface area (Å²) in [5, 5.41) is 5.38. The van der Waals surface area contributed by atoms with E-state index < -0.39 is 25.6 Å². The lowest BCUT2D eigenvalue weighted by molar-refractivity contribution is 0.453. The molecule has 21 heavy (non-hydrogen) atoms. The predicted molar refractivity (Wildman–Crippen MR) is 89.9 cm³/mol. The van der Waals surface area contributed by atoms with Crippen molar-refractivity contribution in [2.75, 3.05) is 5.75 Å². The van der Waals surface area contributed by atoms with E-state index in [0.717, 1.165) is 19.3 Å². The fourth-order valence-corrected chi connectivity index (χ4v) is 4.32. The van der Waals surface area contributed by atoms with Gasteiger partial charge >= 0.3 is 0 Å². The number of allylic oxidation sites excluding steroid dienone is 3. The van der Waals surface area contributed by atoms with Crippen molar-refractivity contribution in [1.29, 1.82) is 0 Å². The van der Waals surface area contributed by atoms with Gasteiger partial charge in [-0.15, -0.1) is 0 Å². The number of hydrogen-bond donors (Lipinski definition) is 1. The minimum atomic E-state index is -3.65. The Labute approximate surface area is 131 Å². The summed E-state index contributed by atoms with van der Waals surface area (Å²) in [5.41, 5.74) is 0. The maximum atomic E-state index is 12.0. The summed E-state index contributed by atoms with van der Waals surface area (Å²) < 4.78 is 34.4. The summed E-state index contributed by atoms with van der Waals surface area (Å²) in [5.74, 6) is 0.530. The molecule has 0 saturated heterocycles. The smallest absolute Gasteiger partial charge is 0.218 e. The van der Waals surface area contributed by atoms with E-state index in [0.29, 0.717) is 5.75 Å². The average molecular weight is 334 g/mol. The van der Waals surface area contributed by atoms with Crippen LogP contribution < -0.4 is 5.14 Å². The molecule has 0 saturated carbocycles. The fourth-order valence-electron chi connectivity index (χ4n) is 2.35. The average Bonchev–Trinajstić information content (AvgIpc) is 2.33. The first-order chi connectivity index (χ1) is 9.48. The molecule has 0 fully saturated rings. The van der Waals surface area contributed by atoms with E-state index in [1.807, 2.05) is 32.9 Å². The molecule has 0 aromatic rings. The second-order valence-electron chi connectivity index (χ2n) is 6.74. The van der Waals surface area contributed by atoms with Crippen LogP contribution in [0.3, 0.4) is 0 Å². The zero-order valence-corrected chi connectivity index (χ0v) is 15.0. The van der Waals surface area contributed by atoms with E-state index >= 15 is 0 Å². The zero-order chi connectivity index (χ0) is 16.3. The van der Waals surface area contributed by atoms with Crippen molar-refractivity contribution in [2.24, 2.45) is 11.1 Å². The molecule has 3 atom stereocenters. The van der Waals surface area contributed by atoms with Gasteiger partial charge in [0, 0.05) is 27.2 Å². The Morgan fingerprint density at radius 1 is 1.24 bits per heavy atom. The van der Waals surface area contributed by atoms with Gasteiger partial charge in [-0.25, -0.2) is 13.6 Å². The number of sulfonamides is 1. The van der Waals surface area contributed by atoms with Crippen LogP contribution in [-0.2, 0) is 20.8 Å². The normalized spacial score (nSPS) is 27.8. The minimum Gasteiger partial charge on any atom is -0.259 e. The van der Waals surface area contributed by atoms with Gasteiger partial charge in [-0.1, -0.05) is 30.7 Å². The standard InChI is InChI=1S/C15H27NO3S2/c1-14(2,3)20(17)12-8-6-10-13-9-5-7-11-15(13,4)21(16,18)19/h5,7,9,11,13H,6,8,10,12H2,1-4H3,(H2,16,18,19)/t13?,15-,20?/m1/s1. The van der Waals surface area contributed by atoms with Crippen LogP contribution in [0.15, 0.2) is 24.3 Å². The van der Waals surface area contributed by atoms with Gasteiger partial charge in [-0.3, -0.25) is 4.21 Å². The first kappa shape index (κ1) is 18.6. The SMILES string of the molecule is CC(C)(C)S(=O)CCCCC1C=CC=C[C@@]1(C)S(N)(=O)=O. The minimum absolute atomic E-state index is 0.124. The van der Waals surface area contributed by atoms with Crippen molar-refractivity contribution in [2.45, 2.75) is 56.5 Å². The molecule has 0 spiro atoms. The molecule has 0 heterocycles. The van der Waals surface area contributed by atoms with Gasteiger partial charge < -0.3 is 0 Å². The van der Waals surface area contributed by atoms with E-state index in [2.05, 4.69) is 0 Å². The van der Waals surface area contributed by atoms with Gasteiger partial charge in [0.25, 0.3) is 0 Å². The molecular weight excluding hydrogens is 306 g/mol. The topological polar surface area (TPSA) is 77.2 Å². The Balaban J connectivity index is 2.57. The third-order valence-corrected chi connectivity index (χ3v) is 7.70. The van der Waals surface area contributed by atoms with Crippen LogP contribution in [0, 0.1) is 5.92 Å². The van der Waals surface area contributed by atoms with Gasteiger partial charge in [0.2, 0.25) is 10.0 Å². The summed E-state index contributed by atoms with van der Waals surface area (Å²) in [7, 11) is -4.50. The number of primary sulfonamides is 1. The quantitative estimate of drug-likeness (QED) is 0.759. The molecule has 1 aliphatic carbocycles. The largest absolute Gasteiger partial charge is 0.259 e. The van der Waals surface area contributed by atoms with Crippen molar-refractivity contribution < 1.29 is 12.6 Å². The molecule has 6 heteroatoms. The molecule has 0 amide bonds. The number of nitrogens with two attached hydrogens (primary N) is 1. The first-order valence-corrected chi connectivity index (χ1v) is 10.1. The third kappa shape index (κ3) is 4.76. The molecule has 2 unspecified atom stereocenters. The predicted octanol–water partition coefficient (Wildman–Crippen LogP) is 2.49. The van der Waals surface area contributed by atoms with Crippen LogP contribution in [-0.4, -0.2) is 27.9 Å². The summed E-state index contributed by atoms with van der Waals surface area (Å²) in [6.45, 7) is 7.57. The lowest BCUT2D eigenvalue weighted by Gasteiger charge is -2.33. The van der Waals surface area contributed by atoms with Gasteiger partial charge in [-0.05, 0) is 40.5 Å². The van der Waals surface area contributed by atoms with Crippen molar-refractivity contribution in [1.82, 2.24) is 0 Å². The van der Waals surface area contributed by atoms with E-state index in [4.69, 9.17) is 5.14 Å². The van der Waals surface area contributed by atoms with Crippen molar-refractivity contribution in [3.05, 3.63) is 24.3 Å². The molecule has 0 bridgehead atoms. The highest BCUT2D eigenvalue weighted by atomic mass is 32.2. The summed E-state index contributed by atoms with van der Waals surface area (Å²) >= 11 is 0. The van der Waals surface area contributed by atoms with Crippen LogP contribution in [0.4, 0.5) is 0 Å².